The van der Waals surface area contributed by atoms with E-state index in [0.29, 0.717) is 18.8 Å². The molecule has 7 heteroatoms. The lowest BCUT2D eigenvalue weighted by Crippen LogP contribution is -2.32. The van der Waals surface area contributed by atoms with E-state index in [4.69, 9.17) is 22.1 Å². The summed E-state index contributed by atoms with van der Waals surface area (Å²) in [7, 11) is 1.60. The molecule has 0 aliphatic rings. The largest absolute Gasteiger partial charge is 0.494 e. The van der Waals surface area contributed by atoms with Gasteiger partial charge in [-0.1, -0.05) is 6.07 Å². The van der Waals surface area contributed by atoms with Crippen LogP contribution in [0, 0.1) is 0 Å². The van der Waals surface area contributed by atoms with E-state index in [0.717, 1.165) is 16.9 Å². The molecule has 0 spiro atoms. The number of benzene rings is 1. The average Bonchev–Trinajstić information content (AvgIpc) is 2.76. The molecule has 6 nitrogen and oxygen atoms in total. The van der Waals surface area contributed by atoms with Gasteiger partial charge in [0.25, 0.3) is 0 Å². The van der Waals surface area contributed by atoms with Crippen LogP contribution in [0.4, 0.5) is 4.79 Å². The first-order valence-corrected chi connectivity index (χ1v) is 6.32. The summed E-state index contributed by atoms with van der Waals surface area (Å²) in [5.74, 6) is 1.71. The van der Waals surface area contributed by atoms with E-state index in [1.54, 1.807) is 7.11 Å². The van der Waals surface area contributed by atoms with Gasteiger partial charge in [0, 0.05) is 13.1 Å². The monoisotopic (exact) mass is 282 g/mol. The third-order valence-electron chi connectivity index (χ3n) is 2.80. The van der Waals surface area contributed by atoms with Crippen LogP contribution in [0.5, 0.6) is 5.75 Å². The Bertz CT molecular complexity index is 597. The topological polar surface area (TPSA) is 82.2 Å². The number of methoxy groups -OCH3 is 1. The number of carbonyl (C=O) groups excluding carboxylic acids is 1. The minimum absolute atomic E-state index is 0.286. The lowest BCUT2D eigenvalue weighted by Gasteiger charge is -2.08. The van der Waals surface area contributed by atoms with Crippen LogP contribution in [0.3, 0.4) is 0 Å². The molecule has 3 N–H and O–H groups in total. The van der Waals surface area contributed by atoms with Crippen molar-refractivity contribution in [2.75, 3.05) is 13.7 Å². The zero-order valence-corrected chi connectivity index (χ0v) is 11.3. The Balaban J connectivity index is 2.37. The molecule has 0 aliphatic heterocycles. The summed E-state index contributed by atoms with van der Waals surface area (Å²) in [6, 6.07) is 5.12. The molecule has 2 rings (SSSR count). The number of urea groups is 1. The normalized spacial score (nSPS) is 10.6. The maximum Gasteiger partial charge on any atom is 0.312 e. The quantitative estimate of drug-likeness (QED) is 0.815. The molecule has 19 heavy (non-hydrogen) atoms. The number of nitrogens with one attached hydrogen (secondary N) is 1. The second-order valence-electron chi connectivity index (χ2n) is 3.93. The van der Waals surface area contributed by atoms with Gasteiger partial charge in [0.1, 0.15) is 17.1 Å². The van der Waals surface area contributed by atoms with Crippen molar-refractivity contribution >= 4 is 28.7 Å². The number of fused-ring (bicyclic) bond motifs is 1. The number of para-hydroxylation sites is 1. The maximum atomic E-state index is 10.7. The lowest BCUT2D eigenvalue weighted by atomic mass is 10.3. The highest BCUT2D eigenvalue weighted by atomic mass is 35.5. The van der Waals surface area contributed by atoms with Crippen LogP contribution in [0.2, 0.25) is 0 Å². The summed E-state index contributed by atoms with van der Waals surface area (Å²) < 4.78 is 7.22. The summed E-state index contributed by atoms with van der Waals surface area (Å²) >= 11 is 5.90. The zero-order chi connectivity index (χ0) is 13.8. The molecule has 1 heterocycles. The van der Waals surface area contributed by atoms with Gasteiger partial charge >= 0.3 is 6.03 Å². The van der Waals surface area contributed by atoms with Crippen molar-refractivity contribution in [3.05, 3.63) is 24.0 Å². The van der Waals surface area contributed by atoms with Crippen molar-refractivity contribution in [3.8, 4) is 5.75 Å². The zero-order valence-electron chi connectivity index (χ0n) is 10.5. The minimum Gasteiger partial charge on any atom is -0.494 e. The van der Waals surface area contributed by atoms with Gasteiger partial charge in [0.15, 0.2) is 0 Å². The van der Waals surface area contributed by atoms with Crippen molar-refractivity contribution in [1.29, 1.82) is 0 Å². The number of imidazole rings is 1. The van der Waals surface area contributed by atoms with Crippen LogP contribution in [-0.2, 0) is 12.4 Å². The Kier molecular flexibility index (Phi) is 4.11. The van der Waals surface area contributed by atoms with Gasteiger partial charge in [0.2, 0.25) is 0 Å². The average molecular weight is 283 g/mol. The number of hydrogen-bond acceptors (Lipinski definition) is 3. The van der Waals surface area contributed by atoms with E-state index in [1.165, 1.54) is 0 Å². The molecule has 102 valence electrons. The fraction of sp³-hybridized carbons (Fsp3) is 0.333. The first-order chi connectivity index (χ1) is 9.17. The van der Waals surface area contributed by atoms with Gasteiger partial charge in [-0.3, -0.25) is 0 Å². The van der Waals surface area contributed by atoms with E-state index in [2.05, 4.69) is 10.3 Å². The number of primary amides is 1. The number of nitrogens with two attached hydrogens (primary N) is 1. The standard InChI is InChI=1S/C12H15ClN4O2/c1-19-9-4-2-3-8-11(9)16-10(7-13)17(8)6-5-15-12(14)18/h2-4H,5-7H2,1H3,(H3,14,15,18). The summed E-state index contributed by atoms with van der Waals surface area (Å²) in [6.45, 7) is 0.969. The third-order valence-corrected chi connectivity index (χ3v) is 3.03. The summed E-state index contributed by atoms with van der Waals surface area (Å²) in [6.07, 6.45) is 0. The highest BCUT2D eigenvalue weighted by Gasteiger charge is 2.13. The van der Waals surface area contributed by atoms with Crippen molar-refractivity contribution < 1.29 is 9.53 Å². The van der Waals surface area contributed by atoms with Crippen LogP contribution in [-0.4, -0.2) is 29.2 Å². The summed E-state index contributed by atoms with van der Waals surface area (Å²) in [5, 5.41) is 2.54. The van der Waals surface area contributed by atoms with Crippen LogP contribution < -0.4 is 15.8 Å². The number of carbonyl (C=O) groups is 1. The molecular formula is C12H15ClN4O2. The molecule has 0 bridgehead atoms. The molecule has 0 radical (unpaired) electrons. The van der Waals surface area contributed by atoms with Crippen LogP contribution in [0.15, 0.2) is 18.2 Å². The SMILES string of the molecule is COc1cccc2c1nc(CCl)n2CCNC(N)=O. The smallest absolute Gasteiger partial charge is 0.312 e. The van der Waals surface area contributed by atoms with Gasteiger partial charge in [0.05, 0.1) is 18.5 Å². The van der Waals surface area contributed by atoms with Crippen molar-refractivity contribution in [1.82, 2.24) is 14.9 Å². The number of aromatic nitrogens is 2. The Labute approximate surface area is 115 Å². The van der Waals surface area contributed by atoms with Crippen molar-refractivity contribution in [2.24, 2.45) is 5.73 Å². The van der Waals surface area contributed by atoms with Crippen LogP contribution >= 0.6 is 11.6 Å². The number of rotatable bonds is 5. The number of nitrogens with zero attached hydrogens (tertiary/aromatic N) is 2. The molecule has 2 amide bonds. The number of halogens is 1. The van der Waals surface area contributed by atoms with E-state index in [1.807, 2.05) is 22.8 Å². The molecule has 1 aromatic carbocycles. The number of amides is 2. The fourth-order valence-corrected chi connectivity index (χ4v) is 2.18. The molecule has 0 saturated carbocycles. The Morgan fingerprint density at radius 2 is 2.37 bits per heavy atom. The molecule has 0 fully saturated rings. The second-order valence-corrected chi connectivity index (χ2v) is 4.20. The van der Waals surface area contributed by atoms with Crippen molar-refractivity contribution in [3.63, 3.8) is 0 Å². The first-order valence-electron chi connectivity index (χ1n) is 5.78. The maximum absolute atomic E-state index is 10.7. The van der Waals surface area contributed by atoms with Gasteiger partial charge < -0.3 is 20.4 Å². The predicted octanol–water partition coefficient (Wildman–Crippen LogP) is 1.45. The van der Waals surface area contributed by atoms with Gasteiger partial charge in [-0.25, -0.2) is 9.78 Å². The van der Waals surface area contributed by atoms with E-state index in [-0.39, 0.29) is 5.88 Å². The lowest BCUT2D eigenvalue weighted by molar-refractivity contribution is 0.248. The number of ether oxygens (including phenoxy) is 1. The van der Waals surface area contributed by atoms with Crippen LogP contribution in [0.1, 0.15) is 5.82 Å². The van der Waals surface area contributed by atoms with Crippen LogP contribution in [0.25, 0.3) is 11.0 Å². The minimum atomic E-state index is -0.547. The summed E-state index contributed by atoms with van der Waals surface area (Å²) in [4.78, 5) is 15.1. The Morgan fingerprint density at radius 1 is 1.58 bits per heavy atom. The molecule has 1 aromatic heterocycles. The molecule has 0 aliphatic carbocycles. The summed E-state index contributed by atoms with van der Waals surface area (Å²) in [5.41, 5.74) is 6.72. The van der Waals surface area contributed by atoms with E-state index in [9.17, 15) is 4.79 Å². The highest BCUT2D eigenvalue weighted by molar-refractivity contribution is 6.16. The molecule has 0 saturated heterocycles. The second kappa shape index (κ2) is 5.79. The van der Waals surface area contributed by atoms with Gasteiger partial charge in [-0.15, -0.1) is 11.6 Å². The number of hydrogen-bond donors (Lipinski definition) is 2. The molecule has 0 atom stereocenters. The Hall–Kier alpha value is -1.95. The third kappa shape index (κ3) is 2.73. The number of alkyl halides is 1. The highest BCUT2D eigenvalue weighted by Crippen LogP contribution is 2.26. The molecule has 0 unspecified atom stereocenters. The van der Waals surface area contributed by atoms with Gasteiger partial charge in [-0.05, 0) is 12.1 Å². The molecular weight excluding hydrogens is 268 g/mol. The van der Waals surface area contributed by atoms with E-state index >= 15 is 0 Å². The predicted molar refractivity (Wildman–Crippen MR) is 73.4 cm³/mol. The fourth-order valence-electron chi connectivity index (χ4n) is 1.98. The first kappa shape index (κ1) is 13.5. The Morgan fingerprint density at radius 3 is 3.00 bits per heavy atom. The van der Waals surface area contributed by atoms with Crippen molar-refractivity contribution in [2.45, 2.75) is 12.4 Å². The molecule has 2 aromatic rings. The van der Waals surface area contributed by atoms with E-state index < -0.39 is 6.03 Å². The van der Waals surface area contributed by atoms with Gasteiger partial charge in [-0.2, -0.15) is 0 Å².